The number of amides is 1. The molecule has 112 valence electrons. The molecule has 0 spiro atoms. The van der Waals surface area contributed by atoms with Crippen molar-refractivity contribution in [2.45, 2.75) is 0 Å². The molecule has 0 aliphatic carbocycles. The Balaban J connectivity index is 1.86. The maximum Gasteiger partial charge on any atom is 0.264 e. The molecule has 0 bridgehead atoms. The Morgan fingerprint density at radius 2 is 1.95 bits per heavy atom. The van der Waals surface area contributed by atoms with Crippen molar-refractivity contribution in [3.63, 3.8) is 0 Å². The van der Waals surface area contributed by atoms with Gasteiger partial charge in [0.05, 0.1) is 23.5 Å². The smallest absolute Gasteiger partial charge is 0.264 e. The van der Waals surface area contributed by atoms with E-state index < -0.39 is 0 Å². The van der Waals surface area contributed by atoms with Crippen molar-refractivity contribution in [3.05, 3.63) is 45.6 Å². The number of fused-ring (bicyclic) bond motifs is 3. The molecule has 1 amide bonds. The van der Waals surface area contributed by atoms with Crippen molar-refractivity contribution < 1.29 is 9.53 Å². The summed E-state index contributed by atoms with van der Waals surface area (Å²) < 4.78 is 6.15. The summed E-state index contributed by atoms with van der Waals surface area (Å²) in [5.74, 6) is -0.0204. The predicted molar refractivity (Wildman–Crippen MR) is 86.7 cm³/mol. The molecule has 22 heavy (non-hydrogen) atoms. The lowest BCUT2D eigenvalue weighted by Crippen LogP contribution is -2.40. The Labute approximate surface area is 130 Å². The number of ether oxygens (including phenoxy) is 1. The normalized spacial score (nSPS) is 15.5. The van der Waals surface area contributed by atoms with Crippen LogP contribution >= 0.6 is 11.3 Å². The van der Waals surface area contributed by atoms with Gasteiger partial charge >= 0.3 is 0 Å². The second-order valence-corrected chi connectivity index (χ2v) is 6.31. The molecular formula is C16H14N2O3S. The summed E-state index contributed by atoms with van der Waals surface area (Å²) in [6.07, 6.45) is 0. The van der Waals surface area contributed by atoms with E-state index in [4.69, 9.17) is 4.74 Å². The first-order valence-electron chi connectivity index (χ1n) is 7.15. The Hall–Kier alpha value is -2.18. The predicted octanol–water partition coefficient (Wildman–Crippen LogP) is 2.22. The van der Waals surface area contributed by atoms with Gasteiger partial charge in [-0.3, -0.25) is 9.59 Å². The van der Waals surface area contributed by atoms with Gasteiger partial charge in [-0.1, -0.05) is 18.2 Å². The zero-order chi connectivity index (χ0) is 15.1. The molecule has 4 rings (SSSR count). The molecule has 2 aromatic heterocycles. The number of hydrogen-bond acceptors (Lipinski definition) is 4. The van der Waals surface area contributed by atoms with E-state index in [0.29, 0.717) is 36.6 Å². The standard InChI is InChI=1S/C16H14N2O3S/c19-15-11-9-13(16(20)18-5-7-21-8-6-18)22-14(11)10-3-1-2-4-12(10)17-15/h1-4,9H,5-8H2,(H,17,19). The summed E-state index contributed by atoms with van der Waals surface area (Å²) in [6.45, 7) is 2.34. The van der Waals surface area contributed by atoms with Crippen LogP contribution < -0.4 is 5.56 Å². The quantitative estimate of drug-likeness (QED) is 0.749. The summed E-state index contributed by atoms with van der Waals surface area (Å²) in [4.78, 5) is 30.1. The highest BCUT2D eigenvalue weighted by Gasteiger charge is 2.21. The largest absolute Gasteiger partial charge is 0.378 e. The van der Waals surface area contributed by atoms with Gasteiger partial charge in [0.25, 0.3) is 11.5 Å². The number of pyridine rings is 1. The molecule has 3 heterocycles. The van der Waals surface area contributed by atoms with E-state index in [1.165, 1.54) is 11.3 Å². The van der Waals surface area contributed by atoms with E-state index in [9.17, 15) is 9.59 Å². The number of carbonyl (C=O) groups excluding carboxylic acids is 1. The van der Waals surface area contributed by atoms with Crippen LogP contribution in [0.25, 0.3) is 21.0 Å². The Kier molecular flexibility index (Phi) is 3.20. The fourth-order valence-corrected chi connectivity index (χ4v) is 3.93. The summed E-state index contributed by atoms with van der Waals surface area (Å²) in [5, 5.41) is 1.56. The number of para-hydroxylation sites is 1. The molecule has 0 saturated carbocycles. The third-order valence-corrected chi connectivity index (χ3v) is 5.06. The first-order valence-corrected chi connectivity index (χ1v) is 7.97. The van der Waals surface area contributed by atoms with Crippen LogP contribution in [-0.2, 0) is 4.74 Å². The zero-order valence-electron chi connectivity index (χ0n) is 11.8. The topological polar surface area (TPSA) is 62.4 Å². The van der Waals surface area contributed by atoms with Gasteiger partial charge in [-0.05, 0) is 12.1 Å². The highest BCUT2D eigenvalue weighted by atomic mass is 32.1. The van der Waals surface area contributed by atoms with Crippen LogP contribution in [0.3, 0.4) is 0 Å². The number of nitrogens with one attached hydrogen (secondary N) is 1. The van der Waals surface area contributed by atoms with E-state index in [1.807, 2.05) is 24.3 Å². The molecule has 1 fully saturated rings. The maximum atomic E-state index is 12.6. The zero-order valence-corrected chi connectivity index (χ0v) is 12.6. The SMILES string of the molecule is O=C(c1cc2c(=O)[nH]c3ccccc3c2s1)N1CCOCC1. The first-order chi connectivity index (χ1) is 10.7. The number of H-pyrrole nitrogens is 1. The lowest BCUT2D eigenvalue weighted by molar-refractivity contribution is 0.0306. The second-order valence-electron chi connectivity index (χ2n) is 5.26. The van der Waals surface area contributed by atoms with Gasteiger partial charge in [0.1, 0.15) is 0 Å². The van der Waals surface area contributed by atoms with Gasteiger partial charge in [-0.25, -0.2) is 0 Å². The van der Waals surface area contributed by atoms with Crippen molar-refractivity contribution >= 4 is 38.2 Å². The Morgan fingerprint density at radius 3 is 2.77 bits per heavy atom. The van der Waals surface area contributed by atoms with Crippen LogP contribution in [0.5, 0.6) is 0 Å². The van der Waals surface area contributed by atoms with Gasteiger partial charge in [0.15, 0.2) is 0 Å². The van der Waals surface area contributed by atoms with E-state index in [2.05, 4.69) is 4.98 Å². The van der Waals surface area contributed by atoms with E-state index in [-0.39, 0.29) is 11.5 Å². The van der Waals surface area contributed by atoms with E-state index >= 15 is 0 Å². The number of carbonyl (C=O) groups is 1. The fourth-order valence-electron chi connectivity index (χ4n) is 2.77. The summed E-state index contributed by atoms with van der Waals surface area (Å²) >= 11 is 1.39. The molecule has 0 atom stereocenters. The van der Waals surface area contributed by atoms with Crippen molar-refractivity contribution in [1.29, 1.82) is 0 Å². The highest BCUT2D eigenvalue weighted by molar-refractivity contribution is 7.21. The van der Waals surface area contributed by atoms with Gasteiger partial charge < -0.3 is 14.6 Å². The Bertz CT molecular complexity index is 922. The monoisotopic (exact) mass is 314 g/mol. The molecule has 1 aliphatic rings. The minimum atomic E-state index is -0.147. The van der Waals surface area contributed by atoms with Crippen molar-refractivity contribution in [2.24, 2.45) is 0 Å². The molecule has 6 heteroatoms. The second kappa shape index (κ2) is 5.23. The van der Waals surface area contributed by atoms with Crippen LogP contribution in [0.4, 0.5) is 0 Å². The number of nitrogens with zero attached hydrogens (tertiary/aromatic N) is 1. The molecule has 1 aromatic carbocycles. The highest BCUT2D eigenvalue weighted by Crippen LogP contribution is 2.30. The van der Waals surface area contributed by atoms with E-state index in [1.54, 1.807) is 11.0 Å². The van der Waals surface area contributed by atoms with Crippen LogP contribution in [0.15, 0.2) is 35.1 Å². The summed E-state index contributed by atoms with van der Waals surface area (Å²) in [7, 11) is 0. The lowest BCUT2D eigenvalue weighted by Gasteiger charge is -2.26. The fraction of sp³-hybridized carbons (Fsp3) is 0.250. The van der Waals surface area contributed by atoms with Crippen molar-refractivity contribution in [2.75, 3.05) is 26.3 Å². The van der Waals surface area contributed by atoms with Gasteiger partial charge in [-0.15, -0.1) is 11.3 Å². The summed E-state index contributed by atoms with van der Waals surface area (Å²) in [5.41, 5.74) is 0.651. The molecule has 0 radical (unpaired) electrons. The minimum absolute atomic E-state index is 0.0204. The maximum absolute atomic E-state index is 12.6. The molecule has 3 aromatic rings. The number of aromatic amines is 1. The molecule has 1 N–H and O–H groups in total. The number of benzene rings is 1. The number of morpholine rings is 1. The average molecular weight is 314 g/mol. The van der Waals surface area contributed by atoms with Crippen LogP contribution in [0, 0.1) is 0 Å². The lowest BCUT2D eigenvalue weighted by atomic mass is 10.2. The van der Waals surface area contributed by atoms with Gasteiger partial charge in [0.2, 0.25) is 0 Å². The van der Waals surface area contributed by atoms with Gasteiger partial charge in [0, 0.05) is 28.7 Å². The number of hydrogen-bond donors (Lipinski definition) is 1. The third kappa shape index (κ3) is 2.12. The molecule has 0 unspecified atom stereocenters. The number of aromatic nitrogens is 1. The number of rotatable bonds is 1. The van der Waals surface area contributed by atoms with Crippen molar-refractivity contribution in [3.8, 4) is 0 Å². The number of thiophene rings is 1. The van der Waals surface area contributed by atoms with E-state index in [0.717, 1.165) is 15.6 Å². The molecular weight excluding hydrogens is 300 g/mol. The summed E-state index contributed by atoms with van der Waals surface area (Å²) in [6, 6.07) is 9.37. The van der Waals surface area contributed by atoms with Crippen LogP contribution in [-0.4, -0.2) is 42.1 Å². The molecule has 5 nitrogen and oxygen atoms in total. The average Bonchev–Trinajstić information content (AvgIpc) is 3.01. The third-order valence-electron chi connectivity index (χ3n) is 3.91. The Morgan fingerprint density at radius 1 is 1.18 bits per heavy atom. The molecule has 1 saturated heterocycles. The van der Waals surface area contributed by atoms with Crippen LogP contribution in [0.2, 0.25) is 0 Å². The first kappa shape index (κ1) is 13.5. The van der Waals surface area contributed by atoms with Gasteiger partial charge in [-0.2, -0.15) is 0 Å². The van der Waals surface area contributed by atoms with Crippen molar-refractivity contribution in [1.82, 2.24) is 9.88 Å². The van der Waals surface area contributed by atoms with Crippen LogP contribution in [0.1, 0.15) is 9.67 Å². The minimum Gasteiger partial charge on any atom is -0.378 e. The molecule has 1 aliphatic heterocycles.